The Morgan fingerprint density at radius 1 is 1.29 bits per heavy atom. The maximum atomic E-state index is 12.1. The standard InChI is InChI=1S/C20H21ClN4O2S/c1-14-5-7-15(8-6-14)19-23-24-20(28)25(19)11-9-18(26)22-10-12-27-17-4-2-3-16(21)13-17/h2-8,13H,9-12H2,1H3,(H,22,26)(H,24,28). The van der Waals surface area contributed by atoms with Crippen molar-refractivity contribution in [3.63, 3.8) is 0 Å². The first-order valence-electron chi connectivity index (χ1n) is 8.90. The molecule has 1 heterocycles. The van der Waals surface area contributed by atoms with Crippen LogP contribution < -0.4 is 10.1 Å². The second-order valence-corrected chi connectivity index (χ2v) is 7.10. The predicted octanol–water partition coefficient (Wildman–Crippen LogP) is 4.15. The lowest BCUT2D eigenvalue weighted by Crippen LogP contribution is -2.28. The van der Waals surface area contributed by atoms with E-state index in [2.05, 4.69) is 15.5 Å². The summed E-state index contributed by atoms with van der Waals surface area (Å²) in [7, 11) is 0. The molecule has 146 valence electrons. The molecule has 6 nitrogen and oxygen atoms in total. The van der Waals surface area contributed by atoms with E-state index in [1.165, 1.54) is 5.56 Å². The fourth-order valence-electron chi connectivity index (χ4n) is 2.67. The lowest BCUT2D eigenvalue weighted by molar-refractivity contribution is -0.121. The van der Waals surface area contributed by atoms with E-state index < -0.39 is 0 Å². The SMILES string of the molecule is Cc1ccc(-c2n[nH]c(=S)n2CCC(=O)NCCOc2cccc(Cl)c2)cc1. The highest BCUT2D eigenvalue weighted by Gasteiger charge is 2.10. The first-order valence-corrected chi connectivity index (χ1v) is 9.69. The summed E-state index contributed by atoms with van der Waals surface area (Å²) < 4.78 is 7.89. The highest BCUT2D eigenvalue weighted by Crippen LogP contribution is 2.18. The van der Waals surface area contributed by atoms with Crippen molar-refractivity contribution in [1.29, 1.82) is 0 Å². The minimum atomic E-state index is -0.0762. The molecule has 0 fully saturated rings. The van der Waals surface area contributed by atoms with Crippen molar-refractivity contribution in [2.75, 3.05) is 13.2 Å². The fraction of sp³-hybridized carbons (Fsp3) is 0.250. The number of ether oxygens (including phenoxy) is 1. The van der Waals surface area contributed by atoms with Crippen molar-refractivity contribution >= 4 is 29.7 Å². The Morgan fingerprint density at radius 2 is 2.07 bits per heavy atom. The molecule has 3 aromatic rings. The number of H-pyrrole nitrogens is 1. The van der Waals surface area contributed by atoms with Crippen LogP contribution in [0.4, 0.5) is 0 Å². The van der Waals surface area contributed by atoms with Crippen molar-refractivity contribution < 1.29 is 9.53 Å². The van der Waals surface area contributed by atoms with Crippen molar-refractivity contribution in [1.82, 2.24) is 20.1 Å². The lowest BCUT2D eigenvalue weighted by atomic mass is 10.1. The van der Waals surface area contributed by atoms with Crippen LogP contribution in [0.3, 0.4) is 0 Å². The van der Waals surface area contributed by atoms with Gasteiger partial charge in [-0.15, -0.1) is 0 Å². The number of nitrogens with zero attached hydrogens (tertiary/aromatic N) is 2. The third-order valence-corrected chi connectivity index (χ3v) is 4.67. The summed E-state index contributed by atoms with van der Waals surface area (Å²) in [5.41, 5.74) is 2.12. The number of aromatic amines is 1. The molecule has 0 aliphatic heterocycles. The first kappa shape index (κ1) is 20.1. The highest BCUT2D eigenvalue weighted by molar-refractivity contribution is 7.71. The smallest absolute Gasteiger partial charge is 0.221 e. The molecule has 0 atom stereocenters. The maximum absolute atomic E-state index is 12.1. The van der Waals surface area contributed by atoms with Gasteiger partial charge in [0.15, 0.2) is 10.6 Å². The number of aromatic nitrogens is 3. The van der Waals surface area contributed by atoms with Crippen molar-refractivity contribution in [2.45, 2.75) is 19.9 Å². The molecular weight excluding hydrogens is 396 g/mol. The van der Waals surface area contributed by atoms with E-state index in [4.69, 9.17) is 28.6 Å². The molecule has 8 heteroatoms. The van der Waals surface area contributed by atoms with Crippen LogP contribution in [0.25, 0.3) is 11.4 Å². The monoisotopic (exact) mass is 416 g/mol. The van der Waals surface area contributed by atoms with Crippen molar-refractivity contribution in [3.8, 4) is 17.1 Å². The number of aryl methyl sites for hydroxylation is 1. The molecule has 0 saturated heterocycles. The van der Waals surface area contributed by atoms with Gasteiger partial charge in [0.25, 0.3) is 0 Å². The lowest BCUT2D eigenvalue weighted by Gasteiger charge is -2.09. The van der Waals surface area contributed by atoms with E-state index in [-0.39, 0.29) is 5.91 Å². The van der Waals surface area contributed by atoms with Gasteiger partial charge in [-0.05, 0) is 37.3 Å². The van der Waals surface area contributed by atoms with Crippen LogP contribution in [0.1, 0.15) is 12.0 Å². The molecule has 1 amide bonds. The Labute approximate surface area is 173 Å². The van der Waals surface area contributed by atoms with E-state index in [0.717, 1.165) is 11.4 Å². The van der Waals surface area contributed by atoms with E-state index in [1.807, 2.05) is 47.9 Å². The maximum Gasteiger partial charge on any atom is 0.221 e. The predicted molar refractivity (Wildman–Crippen MR) is 112 cm³/mol. The topological polar surface area (TPSA) is 71.9 Å². The number of carbonyl (C=O) groups excluding carboxylic acids is 1. The molecule has 1 aromatic heterocycles. The minimum absolute atomic E-state index is 0.0762. The van der Waals surface area contributed by atoms with Gasteiger partial charge in [0.2, 0.25) is 5.91 Å². The summed E-state index contributed by atoms with van der Waals surface area (Å²) in [6, 6.07) is 15.2. The van der Waals surface area contributed by atoms with E-state index in [9.17, 15) is 4.79 Å². The molecule has 0 saturated carbocycles. The summed E-state index contributed by atoms with van der Waals surface area (Å²) in [4.78, 5) is 12.1. The summed E-state index contributed by atoms with van der Waals surface area (Å²) in [6.07, 6.45) is 0.296. The van der Waals surface area contributed by atoms with Crippen LogP contribution in [0.2, 0.25) is 5.02 Å². The average molecular weight is 417 g/mol. The molecular formula is C20H21ClN4O2S. The van der Waals surface area contributed by atoms with Crippen LogP contribution in [0.15, 0.2) is 48.5 Å². The molecule has 2 aromatic carbocycles. The van der Waals surface area contributed by atoms with Gasteiger partial charge in [-0.3, -0.25) is 14.5 Å². The number of amides is 1. The van der Waals surface area contributed by atoms with Crippen LogP contribution in [-0.4, -0.2) is 33.8 Å². The molecule has 0 bridgehead atoms. The number of benzene rings is 2. The number of rotatable bonds is 8. The molecule has 0 aliphatic carbocycles. The zero-order valence-electron chi connectivity index (χ0n) is 15.4. The van der Waals surface area contributed by atoms with Crippen molar-refractivity contribution in [2.24, 2.45) is 0 Å². The summed E-state index contributed by atoms with van der Waals surface area (Å²) in [5, 5.41) is 10.6. The third kappa shape index (κ3) is 5.43. The van der Waals surface area contributed by atoms with Gasteiger partial charge in [0.1, 0.15) is 12.4 Å². The minimum Gasteiger partial charge on any atom is -0.492 e. The van der Waals surface area contributed by atoms with E-state index in [1.54, 1.807) is 12.1 Å². The quantitative estimate of drug-likeness (QED) is 0.427. The van der Waals surface area contributed by atoms with Gasteiger partial charge in [0.05, 0.1) is 6.54 Å². The van der Waals surface area contributed by atoms with Gasteiger partial charge in [-0.1, -0.05) is 47.5 Å². The van der Waals surface area contributed by atoms with Crippen LogP contribution in [-0.2, 0) is 11.3 Å². The zero-order chi connectivity index (χ0) is 19.9. The van der Waals surface area contributed by atoms with Gasteiger partial charge in [-0.25, -0.2) is 0 Å². The van der Waals surface area contributed by atoms with Crippen LogP contribution in [0.5, 0.6) is 5.75 Å². The fourth-order valence-corrected chi connectivity index (χ4v) is 3.07. The second kappa shape index (κ2) is 9.52. The molecule has 0 aliphatic rings. The van der Waals surface area contributed by atoms with Crippen LogP contribution in [0, 0.1) is 11.7 Å². The Balaban J connectivity index is 1.49. The Kier molecular flexibility index (Phi) is 6.84. The van der Waals surface area contributed by atoms with Gasteiger partial charge in [0, 0.05) is 23.6 Å². The Hall–Kier alpha value is -2.64. The number of hydrogen-bond donors (Lipinski definition) is 2. The zero-order valence-corrected chi connectivity index (χ0v) is 17.0. The number of carbonyl (C=O) groups is 1. The summed E-state index contributed by atoms with van der Waals surface area (Å²) in [6.45, 7) is 3.25. The molecule has 28 heavy (non-hydrogen) atoms. The molecule has 3 rings (SSSR count). The normalized spacial score (nSPS) is 10.6. The number of nitrogens with one attached hydrogen (secondary N) is 2. The van der Waals surface area contributed by atoms with E-state index in [0.29, 0.717) is 41.7 Å². The Morgan fingerprint density at radius 3 is 2.82 bits per heavy atom. The van der Waals surface area contributed by atoms with Gasteiger partial charge in [-0.2, -0.15) is 5.10 Å². The third-order valence-electron chi connectivity index (χ3n) is 4.12. The molecule has 0 unspecified atom stereocenters. The molecule has 0 radical (unpaired) electrons. The average Bonchev–Trinajstić information content (AvgIpc) is 3.05. The summed E-state index contributed by atoms with van der Waals surface area (Å²) >= 11 is 11.2. The number of hydrogen-bond acceptors (Lipinski definition) is 4. The second-order valence-electron chi connectivity index (χ2n) is 6.28. The molecule has 0 spiro atoms. The van der Waals surface area contributed by atoms with E-state index >= 15 is 0 Å². The van der Waals surface area contributed by atoms with Gasteiger partial charge >= 0.3 is 0 Å². The highest BCUT2D eigenvalue weighted by atomic mass is 35.5. The van der Waals surface area contributed by atoms with Gasteiger partial charge < -0.3 is 10.1 Å². The largest absolute Gasteiger partial charge is 0.492 e. The van der Waals surface area contributed by atoms with Crippen molar-refractivity contribution in [3.05, 3.63) is 63.9 Å². The summed E-state index contributed by atoms with van der Waals surface area (Å²) in [5.74, 6) is 1.32. The molecule has 2 N–H and O–H groups in total. The first-order chi connectivity index (χ1) is 13.5. The Bertz CT molecular complexity index is 998. The number of halogens is 1. The van der Waals surface area contributed by atoms with Crippen LogP contribution >= 0.6 is 23.8 Å².